The molecule has 0 saturated carbocycles. The molecule has 0 saturated heterocycles. The normalized spacial score (nSPS) is 12.6. The number of carbonyl (C=O) groups is 2. The van der Waals surface area contributed by atoms with Crippen LogP contribution in [0.15, 0.2) is 0 Å². The third-order valence-corrected chi connectivity index (χ3v) is 0.857. The third kappa shape index (κ3) is 4.96. The van der Waals surface area contributed by atoms with Gasteiger partial charge in [0.05, 0.1) is 12.5 Å². The van der Waals surface area contributed by atoms with Crippen molar-refractivity contribution in [3.05, 3.63) is 0 Å². The predicted octanol–water partition coefficient (Wildman–Crippen LogP) is -0.750. The Morgan fingerprint density at radius 3 is 2.56 bits per heavy atom. The van der Waals surface area contributed by atoms with Crippen molar-refractivity contribution in [2.45, 2.75) is 18.9 Å². The molecule has 0 amide bonds. The average molecular weight is 130 g/mol. The van der Waals surface area contributed by atoms with E-state index in [0.717, 1.165) is 0 Å². The summed E-state index contributed by atoms with van der Waals surface area (Å²) in [5, 5.41) is 9.74. The van der Waals surface area contributed by atoms with Crippen LogP contribution in [0.4, 0.5) is 0 Å². The summed E-state index contributed by atoms with van der Waals surface area (Å²) in [6, 6.07) is -0.664. The van der Waals surface area contributed by atoms with Crippen LogP contribution in [0.5, 0.6) is 0 Å². The van der Waals surface area contributed by atoms with Gasteiger partial charge in [0.25, 0.3) is 0 Å². The fourth-order valence-electron chi connectivity index (χ4n) is 0.353. The average Bonchev–Trinajstić information content (AvgIpc) is 1.83. The summed E-state index contributed by atoms with van der Waals surface area (Å²) >= 11 is 0. The van der Waals surface area contributed by atoms with Crippen molar-refractivity contribution < 1.29 is 14.7 Å². The van der Waals surface area contributed by atoms with Gasteiger partial charge in [-0.3, -0.25) is 0 Å². The highest BCUT2D eigenvalue weighted by atomic mass is 16.4. The summed E-state index contributed by atoms with van der Waals surface area (Å²) in [7, 11) is 0. The minimum absolute atomic E-state index is 0.153. The second-order valence-electron chi connectivity index (χ2n) is 1.71. The highest BCUT2D eigenvalue weighted by Crippen LogP contribution is 1.90. The monoisotopic (exact) mass is 130 g/mol. The lowest BCUT2D eigenvalue weighted by Gasteiger charge is -1.96. The Morgan fingerprint density at radius 2 is 2.22 bits per heavy atom. The lowest BCUT2D eigenvalue weighted by molar-refractivity contribution is -0.143. The van der Waals surface area contributed by atoms with Gasteiger partial charge in [-0.25, -0.2) is 9.90 Å². The van der Waals surface area contributed by atoms with Crippen LogP contribution < -0.4 is 5.73 Å². The van der Waals surface area contributed by atoms with Gasteiger partial charge in [0, 0.05) is 0 Å². The molecule has 4 nitrogen and oxygen atoms in total. The minimum atomic E-state index is -1.17. The number of carbonyl (C=O) groups excluding carboxylic acids is 2. The Kier molecular flexibility index (Phi) is 3.62. The molecule has 51 valence electrons. The van der Waals surface area contributed by atoms with Crippen LogP contribution in [-0.2, 0) is 14.7 Å². The van der Waals surface area contributed by atoms with Crippen LogP contribution >= 0.6 is 0 Å². The van der Waals surface area contributed by atoms with Gasteiger partial charge in [-0.15, -0.1) is 0 Å². The first kappa shape index (κ1) is 8.10. The van der Waals surface area contributed by atoms with E-state index >= 15 is 0 Å². The van der Waals surface area contributed by atoms with Gasteiger partial charge in [-0.1, -0.05) is 0 Å². The molecule has 1 radical (unpaired) electrons. The Bertz CT molecular complexity index is 113. The van der Waals surface area contributed by atoms with Gasteiger partial charge in [-0.2, -0.15) is 0 Å². The Balaban J connectivity index is 3.26. The lowest BCUT2D eigenvalue weighted by Crippen LogP contribution is -2.21. The largest absolute Gasteiger partial charge is 0.355 e. The Labute approximate surface area is 52.7 Å². The zero-order valence-electron chi connectivity index (χ0n) is 4.87. The van der Waals surface area contributed by atoms with Crippen molar-refractivity contribution in [1.29, 1.82) is 0 Å². The van der Waals surface area contributed by atoms with E-state index in [-0.39, 0.29) is 12.8 Å². The van der Waals surface area contributed by atoms with E-state index in [4.69, 9.17) is 5.73 Å². The van der Waals surface area contributed by atoms with Crippen molar-refractivity contribution in [3.8, 4) is 0 Å². The van der Waals surface area contributed by atoms with E-state index in [9.17, 15) is 14.7 Å². The fourth-order valence-corrected chi connectivity index (χ4v) is 0.353. The molecule has 0 rings (SSSR count). The molecule has 1 atom stereocenters. The number of hydrogen-bond acceptors (Lipinski definition) is 3. The van der Waals surface area contributed by atoms with Crippen LogP contribution in [0.3, 0.4) is 0 Å². The molecule has 0 aliphatic rings. The molecule has 0 aromatic rings. The van der Waals surface area contributed by atoms with Crippen LogP contribution in [-0.4, -0.2) is 18.3 Å². The molecular weight excluding hydrogens is 122 g/mol. The highest BCUT2D eigenvalue weighted by molar-refractivity contribution is 5.67. The summed E-state index contributed by atoms with van der Waals surface area (Å²) in [6.07, 6.45) is 0.523. The van der Waals surface area contributed by atoms with Gasteiger partial charge >= 0.3 is 5.97 Å². The van der Waals surface area contributed by atoms with Crippen LogP contribution in [0.1, 0.15) is 12.8 Å². The fraction of sp³-hybridized carbons (Fsp3) is 0.600. The molecule has 9 heavy (non-hydrogen) atoms. The molecule has 2 N–H and O–H groups in total. The van der Waals surface area contributed by atoms with E-state index in [0.29, 0.717) is 6.29 Å². The summed E-state index contributed by atoms with van der Waals surface area (Å²) in [4.78, 5) is 19.5. The first-order chi connectivity index (χ1) is 4.16. The second kappa shape index (κ2) is 4.03. The minimum Gasteiger partial charge on any atom is -0.322 e. The molecule has 0 aromatic carbocycles. The smallest absolute Gasteiger partial charge is 0.322 e. The number of hydrogen-bond donors (Lipinski definition) is 1. The standard InChI is InChI=1S/C5H8NO3/c6-4(3-7)1-2-5(8)9/h3-4H,1-2,6H2/t4-/m0/s1. The molecule has 0 unspecified atom stereocenters. The third-order valence-electron chi connectivity index (χ3n) is 0.857. The van der Waals surface area contributed by atoms with Crippen LogP contribution in [0.2, 0.25) is 0 Å². The quantitative estimate of drug-likeness (QED) is 0.508. The summed E-state index contributed by atoms with van der Waals surface area (Å²) in [5.41, 5.74) is 5.06. The summed E-state index contributed by atoms with van der Waals surface area (Å²) in [6.45, 7) is 0. The number of nitrogens with two attached hydrogens (primary N) is 1. The van der Waals surface area contributed by atoms with Crippen molar-refractivity contribution in [3.63, 3.8) is 0 Å². The topological polar surface area (TPSA) is 80.1 Å². The lowest BCUT2D eigenvalue weighted by atomic mass is 10.2. The van der Waals surface area contributed by atoms with E-state index in [2.05, 4.69) is 0 Å². The molecule has 0 fully saturated rings. The molecule has 0 aliphatic carbocycles. The summed E-state index contributed by atoms with van der Waals surface area (Å²) in [5.74, 6) is -1.17. The number of aldehydes is 1. The first-order valence-corrected chi connectivity index (χ1v) is 2.57. The zero-order chi connectivity index (χ0) is 7.28. The maximum atomic E-state index is 9.78. The Hall–Kier alpha value is -0.900. The van der Waals surface area contributed by atoms with Crippen molar-refractivity contribution >= 4 is 12.3 Å². The highest BCUT2D eigenvalue weighted by Gasteiger charge is 2.04. The SMILES string of the molecule is N[C@H](C=O)CCC([O])=O. The number of rotatable bonds is 4. The van der Waals surface area contributed by atoms with Crippen molar-refractivity contribution in [1.82, 2.24) is 0 Å². The van der Waals surface area contributed by atoms with Crippen molar-refractivity contribution in [2.24, 2.45) is 5.73 Å². The molecule has 4 heteroatoms. The van der Waals surface area contributed by atoms with Gasteiger partial charge < -0.3 is 10.5 Å². The molecular formula is C5H8NO3. The molecule has 0 spiro atoms. The predicted molar refractivity (Wildman–Crippen MR) is 29.0 cm³/mol. The van der Waals surface area contributed by atoms with Gasteiger partial charge in [0.1, 0.15) is 6.29 Å². The maximum Gasteiger partial charge on any atom is 0.355 e. The van der Waals surface area contributed by atoms with Crippen molar-refractivity contribution in [2.75, 3.05) is 0 Å². The van der Waals surface area contributed by atoms with E-state index < -0.39 is 12.0 Å². The van der Waals surface area contributed by atoms with Gasteiger partial charge in [0.15, 0.2) is 0 Å². The zero-order valence-corrected chi connectivity index (χ0v) is 4.87. The van der Waals surface area contributed by atoms with Crippen LogP contribution in [0.25, 0.3) is 0 Å². The Morgan fingerprint density at radius 1 is 1.67 bits per heavy atom. The summed E-state index contributed by atoms with van der Waals surface area (Å²) < 4.78 is 0. The van der Waals surface area contributed by atoms with E-state index in [1.165, 1.54) is 0 Å². The molecule has 0 heterocycles. The van der Waals surface area contributed by atoms with E-state index in [1.54, 1.807) is 0 Å². The van der Waals surface area contributed by atoms with Crippen LogP contribution in [0, 0.1) is 0 Å². The molecule has 0 aromatic heterocycles. The second-order valence-corrected chi connectivity index (χ2v) is 1.71. The molecule has 0 aliphatic heterocycles. The van der Waals surface area contributed by atoms with Gasteiger partial charge in [0.2, 0.25) is 0 Å². The van der Waals surface area contributed by atoms with Gasteiger partial charge in [-0.05, 0) is 6.42 Å². The van der Waals surface area contributed by atoms with E-state index in [1.807, 2.05) is 0 Å². The first-order valence-electron chi connectivity index (χ1n) is 2.57. The molecule has 0 bridgehead atoms. The maximum absolute atomic E-state index is 9.78.